The average molecular weight is 263 g/mol. The van der Waals surface area contributed by atoms with Crippen molar-refractivity contribution in [3.8, 4) is 0 Å². The molecule has 17 heavy (non-hydrogen) atoms. The number of thiophene rings is 1. The normalized spacial score (nSPS) is 12.6. The van der Waals surface area contributed by atoms with Gasteiger partial charge in [-0.2, -0.15) is 0 Å². The fraction of sp³-hybridized carbons (Fsp3) is 0.286. The van der Waals surface area contributed by atoms with Crippen LogP contribution < -0.4 is 5.73 Å². The molecule has 0 fully saturated rings. The average Bonchev–Trinajstić information content (AvgIpc) is 2.74. The predicted molar refractivity (Wildman–Crippen MR) is 77.9 cm³/mol. The molecule has 2 rings (SSSR count). The quantitative estimate of drug-likeness (QED) is 0.838. The van der Waals surface area contributed by atoms with Gasteiger partial charge in [0.15, 0.2) is 0 Å². The molecule has 0 saturated heterocycles. The van der Waals surface area contributed by atoms with Crippen LogP contribution in [0.15, 0.2) is 40.6 Å². The van der Waals surface area contributed by atoms with Crippen LogP contribution in [-0.2, 0) is 0 Å². The Hall–Kier alpha value is -0.770. The maximum atomic E-state index is 6.19. The molecule has 0 saturated carbocycles. The van der Waals surface area contributed by atoms with Gasteiger partial charge in [0.1, 0.15) is 0 Å². The van der Waals surface area contributed by atoms with Crippen LogP contribution in [0.25, 0.3) is 0 Å². The van der Waals surface area contributed by atoms with Crippen molar-refractivity contribution in [3.05, 3.63) is 51.7 Å². The van der Waals surface area contributed by atoms with Gasteiger partial charge < -0.3 is 5.73 Å². The molecule has 1 unspecified atom stereocenters. The lowest BCUT2D eigenvalue weighted by atomic mass is 10.2. The van der Waals surface area contributed by atoms with Crippen molar-refractivity contribution in [2.45, 2.75) is 24.8 Å². The topological polar surface area (TPSA) is 26.0 Å². The number of hydrogen-bond acceptors (Lipinski definition) is 3. The van der Waals surface area contributed by atoms with Gasteiger partial charge in [-0.3, -0.25) is 0 Å². The molecule has 3 heteroatoms. The summed E-state index contributed by atoms with van der Waals surface area (Å²) in [7, 11) is 0. The summed E-state index contributed by atoms with van der Waals surface area (Å²) >= 11 is 3.61. The lowest BCUT2D eigenvalue weighted by molar-refractivity contribution is 0.835. The van der Waals surface area contributed by atoms with E-state index in [9.17, 15) is 0 Å². The Kier molecular flexibility index (Phi) is 4.26. The van der Waals surface area contributed by atoms with Crippen molar-refractivity contribution < 1.29 is 0 Å². The fourth-order valence-electron chi connectivity index (χ4n) is 1.65. The molecule has 1 nitrogen and oxygen atoms in total. The van der Waals surface area contributed by atoms with E-state index in [4.69, 9.17) is 5.73 Å². The lowest BCUT2D eigenvalue weighted by Gasteiger charge is -2.10. The number of nitrogens with two attached hydrogens (primary N) is 1. The Morgan fingerprint density at radius 3 is 2.71 bits per heavy atom. The highest BCUT2D eigenvalue weighted by Gasteiger charge is 2.08. The lowest BCUT2D eigenvalue weighted by Crippen LogP contribution is -2.11. The molecule has 1 aromatic heterocycles. The van der Waals surface area contributed by atoms with Crippen molar-refractivity contribution in [1.29, 1.82) is 0 Å². The highest BCUT2D eigenvalue weighted by molar-refractivity contribution is 7.99. The third-order valence-corrected chi connectivity index (χ3v) is 4.87. The molecule has 0 radical (unpaired) electrons. The van der Waals surface area contributed by atoms with Crippen molar-refractivity contribution >= 4 is 23.1 Å². The van der Waals surface area contributed by atoms with E-state index in [2.05, 4.69) is 49.6 Å². The first-order valence-corrected chi connectivity index (χ1v) is 7.52. The summed E-state index contributed by atoms with van der Waals surface area (Å²) < 4.78 is 0. The molecule has 0 amide bonds. The van der Waals surface area contributed by atoms with Gasteiger partial charge in [-0.25, -0.2) is 0 Å². The van der Waals surface area contributed by atoms with Crippen LogP contribution in [0.3, 0.4) is 0 Å². The minimum absolute atomic E-state index is 0.129. The second kappa shape index (κ2) is 5.71. The third kappa shape index (κ3) is 3.35. The van der Waals surface area contributed by atoms with Crippen LogP contribution in [0, 0.1) is 13.8 Å². The molecule has 1 aromatic carbocycles. The SMILES string of the molecule is Cc1cc(C(N)CSc2ccccc2C)cs1. The molecule has 0 bridgehead atoms. The van der Waals surface area contributed by atoms with Gasteiger partial charge in [-0.1, -0.05) is 18.2 Å². The maximum Gasteiger partial charge on any atom is 0.0398 e. The molecule has 1 atom stereocenters. The molecule has 0 aliphatic carbocycles. The van der Waals surface area contributed by atoms with E-state index >= 15 is 0 Å². The molecule has 2 N–H and O–H groups in total. The Labute approximate surface area is 111 Å². The maximum absolute atomic E-state index is 6.19. The van der Waals surface area contributed by atoms with Crippen LogP contribution >= 0.6 is 23.1 Å². The van der Waals surface area contributed by atoms with Gasteiger partial charge in [0, 0.05) is 21.6 Å². The van der Waals surface area contributed by atoms with Crippen LogP contribution in [0.2, 0.25) is 0 Å². The summed E-state index contributed by atoms with van der Waals surface area (Å²) in [5.41, 5.74) is 8.78. The molecular weight excluding hydrogens is 246 g/mol. The van der Waals surface area contributed by atoms with Gasteiger partial charge >= 0.3 is 0 Å². The second-order valence-corrected chi connectivity index (χ2v) is 6.35. The first kappa shape index (κ1) is 12.7. The van der Waals surface area contributed by atoms with Crippen LogP contribution in [0.4, 0.5) is 0 Å². The van der Waals surface area contributed by atoms with E-state index < -0.39 is 0 Å². The summed E-state index contributed by atoms with van der Waals surface area (Å²) in [5, 5.41) is 2.17. The molecule has 0 aliphatic rings. The highest BCUT2D eigenvalue weighted by atomic mass is 32.2. The Morgan fingerprint density at radius 1 is 1.29 bits per heavy atom. The van der Waals surface area contributed by atoms with Crippen LogP contribution in [0.1, 0.15) is 22.0 Å². The molecule has 2 aromatic rings. The number of rotatable bonds is 4. The van der Waals surface area contributed by atoms with Gasteiger partial charge in [-0.15, -0.1) is 23.1 Å². The monoisotopic (exact) mass is 263 g/mol. The molecule has 0 aliphatic heterocycles. The van der Waals surface area contributed by atoms with Crippen molar-refractivity contribution in [1.82, 2.24) is 0 Å². The zero-order valence-corrected chi connectivity index (χ0v) is 11.8. The van der Waals surface area contributed by atoms with E-state index in [1.807, 2.05) is 11.8 Å². The first-order valence-electron chi connectivity index (χ1n) is 5.66. The Bertz CT molecular complexity index is 490. The van der Waals surface area contributed by atoms with E-state index in [-0.39, 0.29) is 6.04 Å². The first-order chi connectivity index (χ1) is 8.16. The van der Waals surface area contributed by atoms with Gasteiger partial charge in [0.2, 0.25) is 0 Å². The van der Waals surface area contributed by atoms with E-state index in [1.54, 1.807) is 11.3 Å². The van der Waals surface area contributed by atoms with Crippen LogP contribution in [-0.4, -0.2) is 5.75 Å². The minimum atomic E-state index is 0.129. The number of benzene rings is 1. The minimum Gasteiger partial charge on any atom is -0.323 e. The van der Waals surface area contributed by atoms with Crippen molar-refractivity contribution in [2.75, 3.05) is 5.75 Å². The molecule has 0 spiro atoms. The smallest absolute Gasteiger partial charge is 0.0398 e. The molecule has 90 valence electrons. The zero-order chi connectivity index (χ0) is 12.3. The van der Waals surface area contributed by atoms with Crippen LogP contribution in [0.5, 0.6) is 0 Å². The highest BCUT2D eigenvalue weighted by Crippen LogP contribution is 2.27. The van der Waals surface area contributed by atoms with Gasteiger partial charge in [0.05, 0.1) is 0 Å². The van der Waals surface area contributed by atoms with E-state index in [1.165, 1.54) is 20.9 Å². The largest absolute Gasteiger partial charge is 0.323 e. The number of aryl methyl sites for hydroxylation is 2. The zero-order valence-electron chi connectivity index (χ0n) is 10.1. The standard InChI is InChI=1S/C14H17NS2/c1-10-5-3-4-6-14(10)17-9-13(15)12-7-11(2)16-8-12/h3-8,13H,9,15H2,1-2H3. The summed E-state index contributed by atoms with van der Waals surface area (Å²) in [6.07, 6.45) is 0. The number of hydrogen-bond donors (Lipinski definition) is 1. The number of thioether (sulfide) groups is 1. The van der Waals surface area contributed by atoms with E-state index in [0.29, 0.717) is 0 Å². The predicted octanol–water partition coefficient (Wildman–Crippen LogP) is 4.16. The summed E-state index contributed by atoms with van der Waals surface area (Å²) in [4.78, 5) is 2.66. The summed E-state index contributed by atoms with van der Waals surface area (Å²) in [5.74, 6) is 0.932. The van der Waals surface area contributed by atoms with Crippen molar-refractivity contribution in [3.63, 3.8) is 0 Å². The van der Waals surface area contributed by atoms with Gasteiger partial charge in [-0.05, 0) is 42.5 Å². The Balaban J connectivity index is 1.97. The van der Waals surface area contributed by atoms with Gasteiger partial charge in [0.25, 0.3) is 0 Å². The second-order valence-electron chi connectivity index (χ2n) is 4.17. The summed E-state index contributed by atoms with van der Waals surface area (Å²) in [6, 6.07) is 10.8. The third-order valence-electron chi connectivity index (χ3n) is 2.69. The summed E-state index contributed by atoms with van der Waals surface area (Å²) in [6.45, 7) is 4.26. The van der Waals surface area contributed by atoms with E-state index in [0.717, 1.165) is 5.75 Å². The molecule has 1 heterocycles. The molecular formula is C14H17NS2. The Morgan fingerprint density at radius 2 is 2.06 bits per heavy atom. The van der Waals surface area contributed by atoms with Crippen molar-refractivity contribution in [2.24, 2.45) is 5.73 Å². The fourth-order valence-corrected chi connectivity index (χ4v) is 3.44.